The highest BCUT2D eigenvalue weighted by Crippen LogP contribution is 2.32. The van der Waals surface area contributed by atoms with Gasteiger partial charge in [-0.3, -0.25) is 13.9 Å². The Morgan fingerprint density at radius 3 is 2.25 bits per heavy atom. The number of carbonyl (C=O) groups excluding carboxylic acids is 2. The van der Waals surface area contributed by atoms with E-state index in [4.69, 9.17) is 0 Å². The molecule has 0 saturated heterocycles. The molecule has 2 amide bonds. The number of aryl methyl sites for hydroxylation is 1. The third-order valence-electron chi connectivity index (χ3n) is 5.91. The molecule has 0 aromatic heterocycles. The Balaban J connectivity index is 2.45. The smallest absolute Gasteiger partial charge is 0.352 e. The van der Waals surface area contributed by atoms with E-state index in [1.807, 2.05) is 32.9 Å². The summed E-state index contributed by atoms with van der Waals surface area (Å²) in [5, 5.41) is 2.81. The SMILES string of the molecule is CC[C@H](C)NC(=O)[C@@H](C)N(Cc1ccccc1C)C(=O)CN(c1cccc(C(F)(F)F)c1)S(C)(=O)=O. The Morgan fingerprint density at radius 2 is 1.69 bits per heavy atom. The maximum atomic E-state index is 13.5. The second-order valence-corrected chi connectivity index (χ2v) is 10.7. The molecular weight excluding hydrogens is 495 g/mol. The van der Waals surface area contributed by atoms with Crippen LogP contribution in [0, 0.1) is 6.92 Å². The molecule has 0 heterocycles. The fourth-order valence-electron chi connectivity index (χ4n) is 3.47. The molecule has 0 unspecified atom stereocenters. The lowest BCUT2D eigenvalue weighted by atomic mass is 10.1. The summed E-state index contributed by atoms with van der Waals surface area (Å²) in [6.45, 7) is 6.33. The van der Waals surface area contributed by atoms with Crippen molar-refractivity contribution in [2.75, 3.05) is 17.1 Å². The van der Waals surface area contributed by atoms with Gasteiger partial charge in [-0.25, -0.2) is 8.42 Å². The van der Waals surface area contributed by atoms with Crippen LogP contribution in [0.5, 0.6) is 0 Å². The number of rotatable bonds is 10. The minimum Gasteiger partial charge on any atom is -0.352 e. The van der Waals surface area contributed by atoms with Crippen LogP contribution in [0.25, 0.3) is 0 Å². The van der Waals surface area contributed by atoms with E-state index >= 15 is 0 Å². The zero-order valence-electron chi connectivity index (χ0n) is 21.0. The summed E-state index contributed by atoms with van der Waals surface area (Å²) in [4.78, 5) is 27.6. The monoisotopic (exact) mass is 527 g/mol. The van der Waals surface area contributed by atoms with Crippen molar-refractivity contribution in [2.24, 2.45) is 0 Å². The third kappa shape index (κ3) is 7.71. The standard InChI is InChI=1S/C25H32F3N3O4S/c1-6-18(3)29-24(33)19(4)30(15-20-11-8-7-10-17(20)2)23(32)16-31(36(5,34)35)22-13-9-12-21(14-22)25(26,27)28/h7-14,18-19H,6,15-16H2,1-5H3,(H,29,33)/t18-,19+/m0/s1. The Hall–Kier alpha value is -3.08. The van der Waals surface area contributed by atoms with E-state index < -0.39 is 46.2 Å². The predicted octanol–water partition coefficient (Wildman–Crippen LogP) is 4.11. The topological polar surface area (TPSA) is 86.8 Å². The van der Waals surface area contributed by atoms with Gasteiger partial charge in [0.2, 0.25) is 21.8 Å². The van der Waals surface area contributed by atoms with Gasteiger partial charge in [0.25, 0.3) is 0 Å². The summed E-state index contributed by atoms with van der Waals surface area (Å²) < 4.78 is 65.4. The second-order valence-electron chi connectivity index (χ2n) is 8.76. The normalized spacial score (nSPS) is 13.6. The molecule has 2 aromatic carbocycles. The Kier molecular flexibility index (Phi) is 9.53. The molecule has 0 fully saturated rings. The van der Waals surface area contributed by atoms with Gasteiger partial charge in [0, 0.05) is 12.6 Å². The van der Waals surface area contributed by atoms with Crippen molar-refractivity contribution in [3.05, 3.63) is 65.2 Å². The summed E-state index contributed by atoms with van der Waals surface area (Å²) in [6, 6.07) is 9.88. The maximum absolute atomic E-state index is 13.5. The van der Waals surface area contributed by atoms with Crippen molar-refractivity contribution in [1.29, 1.82) is 0 Å². The molecule has 198 valence electrons. The van der Waals surface area contributed by atoms with Gasteiger partial charge in [0.1, 0.15) is 12.6 Å². The first-order valence-electron chi connectivity index (χ1n) is 11.4. The number of amides is 2. The van der Waals surface area contributed by atoms with Gasteiger partial charge in [-0.1, -0.05) is 37.3 Å². The van der Waals surface area contributed by atoms with Crippen molar-refractivity contribution in [3.63, 3.8) is 0 Å². The van der Waals surface area contributed by atoms with Crippen LogP contribution in [0.2, 0.25) is 0 Å². The number of anilines is 1. The van der Waals surface area contributed by atoms with E-state index in [1.54, 1.807) is 12.1 Å². The first-order chi connectivity index (χ1) is 16.6. The highest BCUT2D eigenvalue weighted by molar-refractivity contribution is 7.92. The largest absolute Gasteiger partial charge is 0.416 e. The summed E-state index contributed by atoms with van der Waals surface area (Å²) in [5.41, 5.74) is 0.272. The zero-order valence-corrected chi connectivity index (χ0v) is 21.8. The van der Waals surface area contributed by atoms with Crippen LogP contribution in [0.3, 0.4) is 0 Å². The fraction of sp³-hybridized carbons (Fsp3) is 0.440. The first kappa shape index (κ1) is 29.2. The number of hydrogen-bond donors (Lipinski definition) is 1. The molecule has 0 radical (unpaired) electrons. The Labute approximate surface area is 210 Å². The Bertz CT molecular complexity index is 1190. The summed E-state index contributed by atoms with van der Waals surface area (Å²) >= 11 is 0. The van der Waals surface area contributed by atoms with E-state index in [9.17, 15) is 31.2 Å². The molecule has 2 atom stereocenters. The molecule has 0 aliphatic rings. The molecule has 1 N–H and O–H groups in total. The number of alkyl halides is 3. The molecule has 0 saturated carbocycles. The molecule has 0 aliphatic heterocycles. The van der Waals surface area contributed by atoms with Gasteiger partial charge in [0.15, 0.2) is 0 Å². The average molecular weight is 528 g/mol. The van der Waals surface area contributed by atoms with Crippen molar-refractivity contribution >= 4 is 27.5 Å². The molecule has 36 heavy (non-hydrogen) atoms. The van der Waals surface area contributed by atoms with Gasteiger partial charge in [-0.15, -0.1) is 0 Å². The Morgan fingerprint density at radius 1 is 1.06 bits per heavy atom. The van der Waals surface area contributed by atoms with Crippen LogP contribution in [0.4, 0.5) is 18.9 Å². The van der Waals surface area contributed by atoms with Crippen molar-refractivity contribution < 1.29 is 31.2 Å². The number of halogens is 3. The number of nitrogens with one attached hydrogen (secondary N) is 1. The van der Waals surface area contributed by atoms with Crippen molar-refractivity contribution in [1.82, 2.24) is 10.2 Å². The molecule has 0 spiro atoms. The third-order valence-corrected chi connectivity index (χ3v) is 7.05. The van der Waals surface area contributed by atoms with E-state index in [0.29, 0.717) is 16.8 Å². The molecule has 0 aliphatic carbocycles. The van der Waals surface area contributed by atoms with Gasteiger partial charge in [-0.05, 0) is 56.5 Å². The highest BCUT2D eigenvalue weighted by atomic mass is 32.2. The first-order valence-corrected chi connectivity index (χ1v) is 13.3. The molecule has 0 bridgehead atoms. The number of nitrogens with zero attached hydrogens (tertiary/aromatic N) is 2. The van der Waals surface area contributed by atoms with E-state index in [-0.39, 0.29) is 18.3 Å². The zero-order chi connectivity index (χ0) is 27.3. The van der Waals surface area contributed by atoms with Crippen LogP contribution in [-0.2, 0) is 32.3 Å². The summed E-state index contributed by atoms with van der Waals surface area (Å²) in [7, 11) is -4.14. The molecular formula is C25H32F3N3O4S. The molecule has 11 heteroatoms. The number of carbonyl (C=O) groups is 2. The average Bonchev–Trinajstić information content (AvgIpc) is 2.80. The van der Waals surface area contributed by atoms with Gasteiger partial charge >= 0.3 is 6.18 Å². The molecule has 2 rings (SSSR count). The number of benzene rings is 2. The van der Waals surface area contributed by atoms with Crippen LogP contribution >= 0.6 is 0 Å². The van der Waals surface area contributed by atoms with Crippen LogP contribution in [-0.4, -0.2) is 50.0 Å². The summed E-state index contributed by atoms with van der Waals surface area (Å²) in [5.74, 6) is -1.15. The van der Waals surface area contributed by atoms with Crippen LogP contribution in [0.15, 0.2) is 48.5 Å². The van der Waals surface area contributed by atoms with Crippen LogP contribution < -0.4 is 9.62 Å². The minimum atomic E-state index is -4.69. The lowest BCUT2D eigenvalue weighted by Gasteiger charge is -2.32. The number of hydrogen-bond acceptors (Lipinski definition) is 4. The van der Waals surface area contributed by atoms with Crippen LogP contribution in [0.1, 0.15) is 43.9 Å². The van der Waals surface area contributed by atoms with Crippen molar-refractivity contribution in [2.45, 2.75) is 58.9 Å². The van der Waals surface area contributed by atoms with E-state index in [2.05, 4.69) is 5.32 Å². The van der Waals surface area contributed by atoms with Gasteiger partial charge < -0.3 is 10.2 Å². The fourth-order valence-corrected chi connectivity index (χ4v) is 4.31. The second kappa shape index (κ2) is 11.8. The molecule has 7 nitrogen and oxygen atoms in total. The van der Waals surface area contributed by atoms with Gasteiger partial charge in [0.05, 0.1) is 17.5 Å². The van der Waals surface area contributed by atoms with E-state index in [0.717, 1.165) is 29.5 Å². The minimum absolute atomic E-state index is 0.0147. The molecule has 2 aromatic rings. The number of sulfonamides is 1. The summed E-state index contributed by atoms with van der Waals surface area (Å²) in [6.07, 6.45) is -3.21. The maximum Gasteiger partial charge on any atom is 0.416 e. The predicted molar refractivity (Wildman–Crippen MR) is 133 cm³/mol. The quantitative estimate of drug-likeness (QED) is 0.504. The van der Waals surface area contributed by atoms with Gasteiger partial charge in [-0.2, -0.15) is 13.2 Å². The highest BCUT2D eigenvalue weighted by Gasteiger charge is 2.33. The lowest BCUT2D eigenvalue weighted by Crippen LogP contribution is -2.52. The van der Waals surface area contributed by atoms with Crippen molar-refractivity contribution in [3.8, 4) is 0 Å². The lowest BCUT2D eigenvalue weighted by molar-refractivity contribution is -0.139. The van der Waals surface area contributed by atoms with E-state index in [1.165, 1.54) is 17.9 Å².